The maximum absolute atomic E-state index is 12.2. The molecule has 0 aromatic carbocycles. The molecule has 10 nitrogen and oxygen atoms in total. The van der Waals surface area contributed by atoms with Crippen LogP contribution in [0.4, 0.5) is 0 Å². The maximum Gasteiger partial charge on any atom is 0.313 e. The summed E-state index contributed by atoms with van der Waals surface area (Å²) in [5, 5.41) is 17.4. The molecule has 0 saturated carbocycles. The van der Waals surface area contributed by atoms with E-state index in [2.05, 4.69) is 0 Å². The first kappa shape index (κ1) is 95.2. The fraction of sp³-hybridized carbons (Fsp3) is 0.932. The van der Waals surface area contributed by atoms with Gasteiger partial charge in [-0.2, -0.15) is 0 Å². The van der Waals surface area contributed by atoms with Crippen LogP contribution in [0.15, 0.2) is 0 Å². The van der Waals surface area contributed by atoms with Crippen LogP contribution in [0.3, 0.4) is 0 Å². The van der Waals surface area contributed by atoms with Gasteiger partial charge in [0.25, 0.3) is 0 Å². The highest BCUT2D eigenvalue weighted by molar-refractivity contribution is 5.85. The van der Waals surface area contributed by atoms with Crippen molar-refractivity contribution in [3.05, 3.63) is 0 Å². The number of unbranched alkanes of at least 4 members (excludes halogenated alkanes) is 73. The molecule has 0 heterocycles. The molecule has 0 aliphatic heterocycles. The van der Waals surface area contributed by atoms with Gasteiger partial charge < -0.3 is 19.7 Å². The van der Waals surface area contributed by atoms with E-state index in [1.54, 1.807) is 0 Å². The average molecular weight is 1380 g/mol. The molecule has 0 spiro atoms. The Labute approximate surface area is 607 Å². The van der Waals surface area contributed by atoms with Crippen LogP contribution in [-0.2, 0) is 38.2 Å². The molecule has 2 N–H and O–H groups in total. The topological polar surface area (TPSA) is 161 Å². The summed E-state index contributed by atoms with van der Waals surface area (Å²) < 4.78 is 10.2. The number of hydrogen-bond acceptors (Lipinski definition) is 8. The Morgan fingerprint density at radius 1 is 0.122 bits per heavy atom. The minimum atomic E-state index is -0.662. The molecule has 0 radical (unpaired) electrons. The Kier molecular flexibility index (Phi) is 80.8. The van der Waals surface area contributed by atoms with E-state index >= 15 is 0 Å². The van der Waals surface area contributed by atoms with E-state index in [4.69, 9.17) is 19.7 Å². The average Bonchev–Trinajstić information content (AvgIpc) is 3.79. The van der Waals surface area contributed by atoms with Crippen LogP contribution in [0.5, 0.6) is 0 Å². The van der Waals surface area contributed by atoms with Gasteiger partial charge in [0.05, 0.1) is 0 Å². The molecule has 10 heteroatoms. The molecule has 0 aromatic rings. The lowest BCUT2D eigenvalue weighted by Gasteiger charge is -2.05. The molecular weight excluding hydrogens is 1220 g/mol. The second-order valence-electron chi connectivity index (χ2n) is 30.8. The zero-order chi connectivity index (χ0) is 70.9. The predicted octanol–water partition coefficient (Wildman–Crippen LogP) is 29.3. The molecular formula is C88H166O10. The number of carboxylic acids is 2. The normalized spacial score (nSPS) is 11.5. The van der Waals surface area contributed by atoms with Crippen molar-refractivity contribution in [2.45, 2.75) is 527 Å². The highest BCUT2D eigenvalue weighted by atomic mass is 16.6. The lowest BCUT2D eigenvalue weighted by molar-refractivity contribution is -0.161. The molecule has 0 unspecified atom stereocenters. The summed E-state index contributed by atoms with van der Waals surface area (Å²) >= 11 is 0. The fourth-order valence-electron chi connectivity index (χ4n) is 14.5. The number of hydrogen-bond donors (Lipinski definition) is 2. The van der Waals surface area contributed by atoms with Crippen molar-refractivity contribution in [2.24, 2.45) is 0 Å². The Bertz CT molecular complexity index is 1560. The van der Waals surface area contributed by atoms with Gasteiger partial charge in [-0.05, 0) is 38.5 Å². The third-order valence-electron chi connectivity index (χ3n) is 21.0. The fourth-order valence-corrected chi connectivity index (χ4v) is 14.5. The van der Waals surface area contributed by atoms with E-state index < -0.39 is 11.9 Å². The second kappa shape index (κ2) is 83.2. The molecule has 0 rings (SSSR count). The third-order valence-corrected chi connectivity index (χ3v) is 21.0. The van der Waals surface area contributed by atoms with E-state index in [1.807, 2.05) is 0 Å². The van der Waals surface area contributed by atoms with Crippen molar-refractivity contribution in [3.63, 3.8) is 0 Å². The van der Waals surface area contributed by atoms with Crippen LogP contribution < -0.4 is 0 Å². The van der Waals surface area contributed by atoms with Crippen molar-refractivity contribution < 1.29 is 48.5 Å². The number of aliphatic carboxylic acids is 2. The first-order valence-corrected chi connectivity index (χ1v) is 44.1. The van der Waals surface area contributed by atoms with E-state index in [0.29, 0.717) is 38.5 Å². The van der Waals surface area contributed by atoms with E-state index in [9.17, 15) is 28.8 Å². The van der Waals surface area contributed by atoms with E-state index in [0.717, 1.165) is 89.9 Å². The zero-order valence-electron chi connectivity index (χ0n) is 65.1. The van der Waals surface area contributed by atoms with Gasteiger partial charge in [0.2, 0.25) is 0 Å². The number of esters is 4. The number of rotatable bonds is 85. The SMILES string of the molecule is O=C(O)CCCCCCCCCCCCCCCCCCCCCCCCCCCCC(=O)OC(=O)CCCCCCCCCCCCCCCCCCCCCCCCCCC(=O)OC(=O)CCCCCCCCCCCCCCCCCCCCCCCCCCCCC(=O)O. The first-order valence-electron chi connectivity index (χ1n) is 44.1. The quantitative estimate of drug-likeness (QED) is 0.0341. The molecule has 0 aromatic heterocycles. The number of carbonyl (C=O) groups excluding carboxylic acids is 4. The van der Waals surface area contributed by atoms with Gasteiger partial charge in [-0.1, -0.05) is 449 Å². The summed E-state index contributed by atoms with van der Waals surface area (Å²) in [5.74, 6) is -2.67. The Balaban J connectivity index is 3.28. The third kappa shape index (κ3) is 85.6. The van der Waals surface area contributed by atoms with Crippen LogP contribution >= 0.6 is 0 Å². The highest BCUT2D eigenvalue weighted by Gasteiger charge is 2.12. The van der Waals surface area contributed by atoms with Gasteiger partial charge in [-0.15, -0.1) is 0 Å². The molecule has 0 bridgehead atoms. The smallest absolute Gasteiger partial charge is 0.313 e. The number of ether oxygens (including phenoxy) is 2. The van der Waals surface area contributed by atoms with Crippen LogP contribution in [0.1, 0.15) is 527 Å². The first-order chi connectivity index (χ1) is 48.2. The van der Waals surface area contributed by atoms with Crippen molar-refractivity contribution in [3.8, 4) is 0 Å². The molecule has 98 heavy (non-hydrogen) atoms. The molecule has 0 amide bonds. The van der Waals surface area contributed by atoms with Gasteiger partial charge in [0.1, 0.15) is 0 Å². The molecule has 0 aliphatic carbocycles. The van der Waals surface area contributed by atoms with Crippen molar-refractivity contribution >= 4 is 35.8 Å². The van der Waals surface area contributed by atoms with Crippen LogP contribution in [0.25, 0.3) is 0 Å². The van der Waals surface area contributed by atoms with Crippen molar-refractivity contribution in [1.29, 1.82) is 0 Å². The second-order valence-corrected chi connectivity index (χ2v) is 30.8. The molecule has 0 saturated heterocycles. The van der Waals surface area contributed by atoms with Crippen molar-refractivity contribution in [2.75, 3.05) is 0 Å². The Morgan fingerprint density at radius 2 is 0.194 bits per heavy atom. The minimum absolute atomic E-state index is 0.328. The summed E-state index contributed by atoms with van der Waals surface area (Å²) in [6.45, 7) is 0. The highest BCUT2D eigenvalue weighted by Crippen LogP contribution is 2.22. The summed E-state index contributed by atoms with van der Waals surface area (Å²) in [7, 11) is 0. The Morgan fingerprint density at radius 3 is 0.276 bits per heavy atom. The lowest BCUT2D eigenvalue weighted by atomic mass is 10.0. The summed E-state index contributed by atoms with van der Waals surface area (Å²) in [5.41, 5.74) is 0. The standard InChI is InChI=1S/C88H166O10/c89-83(90)77-71-65-59-53-47-41-35-29-23-17-11-5-1-3-7-13-19-25-31-37-43-49-55-61-67-73-79-85(93)97-87(95)81-75-69-63-57-51-45-39-33-27-21-15-9-10-16-22-28-34-40-46-52-58-64-70-76-82-88(96)98-86(94)80-74-68-62-56-50-44-38-32-26-20-14-8-4-2-6-12-18-24-30-36-42-48-54-60-66-72-78-84(91)92/h1-82H2,(H,89,90)(H,91,92). The monoisotopic (exact) mass is 1380 g/mol. The summed E-state index contributed by atoms with van der Waals surface area (Å²) in [6.07, 6.45) is 99.2. The van der Waals surface area contributed by atoms with Gasteiger partial charge >= 0.3 is 35.8 Å². The Hall–Kier alpha value is -2.78. The van der Waals surface area contributed by atoms with Crippen LogP contribution in [0, 0.1) is 0 Å². The van der Waals surface area contributed by atoms with E-state index in [-0.39, 0.29) is 23.9 Å². The molecule has 578 valence electrons. The maximum atomic E-state index is 12.2. The van der Waals surface area contributed by atoms with Crippen LogP contribution in [-0.4, -0.2) is 46.0 Å². The predicted molar refractivity (Wildman–Crippen MR) is 416 cm³/mol. The largest absolute Gasteiger partial charge is 0.481 e. The lowest BCUT2D eigenvalue weighted by Crippen LogP contribution is -2.11. The number of carbonyl (C=O) groups is 6. The molecule has 0 aliphatic rings. The summed E-state index contributed by atoms with van der Waals surface area (Å²) in [4.78, 5) is 69.8. The van der Waals surface area contributed by atoms with Gasteiger partial charge in [-0.25, -0.2) is 0 Å². The van der Waals surface area contributed by atoms with Crippen LogP contribution in [0.2, 0.25) is 0 Å². The van der Waals surface area contributed by atoms with E-state index in [1.165, 1.54) is 398 Å². The molecule has 0 fully saturated rings. The zero-order valence-corrected chi connectivity index (χ0v) is 65.1. The van der Waals surface area contributed by atoms with Gasteiger partial charge in [0, 0.05) is 38.5 Å². The number of carboxylic acid groups (broad SMARTS) is 2. The minimum Gasteiger partial charge on any atom is -0.481 e. The van der Waals surface area contributed by atoms with Crippen molar-refractivity contribution in [1.82, 2.24) is 0 Å². The van der Waals surface area contributed by atoms with Gasteiger partial charge in [0.15, 0.2) is 0 Å². The molecule has 0 atom stereocenters. The van der Waals surface area contributed by atoms with Gasteiger partial charge in [-0.3, -0.25) is 28.8 Å². The summed E-state index contributed by atoms with van der Waals surface area (Å²) in [6, 6.07) is 0.